The van der Waals surface area contributed by atoms with Crippen LogP contribution in [0.4, 0.5) is 0 Å². The molecule has 100 valence electrons. The molecule has 0 saturated carbocycles. The Morgan fingerprint density at radius 2 is 1.83 bits per heavy atom. The van der Waals surface area contributed by atoms with E-state index in [1.165, 1.54) is 13.8 Å². The van der Waals surface area contributed by atoms with E-state index >= 15 is 0 Å². The predicted octanol–water partition coefficient (Wildman–Crippen LogP) is 2.93. The summed E-state index contributed by atoms with van der Waals surface area (Å²) in [5.74, 6) is -0.408. The SMILES string of the molecule is CC(C)(C(=O)Cc1cccc(Cl)c1Cl)S(C)(=O)=O. The van der Waals surface area contributed by atoms with Gasteiger partial charge in [-0.3, -0.25) is 4.79 Å². The van der Waals surface area contributed by atoms with Gasteiger partial charge in [0.15, 0.2) is 15.6 Å². The molecule has 0 N–H and O–H groups in total. The summed E-state index contributed by atoms with van der Waals surface area (Å²) in [6.45, 7) is 2.78. The average Bonchev–Trinajstić information content (AvgIpc) is 2.23. The average molecular weight is 309 g/mol. The predicted molar refractivity (Wildman–Crippen MR) is 74.1 cm³/mol. The molecule has 0 radical (unpaired) electrons. The van der Waals surface area contributed by atoms with Crippen LogP contribution < -0.4 is 0 Å². The van der Waals surface area contributed by atoms with Crippen molar-refractivity contribution in [2.24, 2.45) is 0 Å². The molecule has 1 rings (SSSR count). The van der Waals surface area contributed by atoms with Gasteiger partial charge in [0.2, 0.25) is 0 Å². The third kappa shape index (κ3) is 3.05. The number of ketones is 1. The van der Waals surface area contributed by atoms with Gasteiger partial charge in [0.25, 0.3) is 0 Å². The molecule has 0 aliphatic heterocycles. The standard InChI is InChI=1S/C12H14Cl2O3S/c1-12(2,18(3,16)17)10(15)7-8-5-4-6-9(13)11(8)14/h4-6H,7H2,1-3H3. The second-order valence-electron chi connectivity index (χ2n) is 4.60. The number of benzene rings is 1. The number of hydrogen-bond acceptors (Lipinski definition) is 3. The van der Waals surface area contributed by atoms with E-state index in [0.29, 0.717) is 10.6 Å². The fourth-order valence-corrected chi connectivity index (χ4v) is 2.15. The van der Waals surface area contributed by atoms with Crippen LogP contribution in [0.2, 0.25) is 10.0 Å². The van der Waals surface area contributed by atoms with Crippen molar-refractivity contribution in [2.45, 2.75) is 25.0 Å². The molecule has 0 fully saturated rings. The van der Waals surface area contributed by atoms with E-state index in [1.807, 2.05) is 0 Å². The first-order valence-corrected chi connectivity index (χ1v) is 7.88. The molecule has 0 unspecified atom stereocenters. The zero-order valence-corrected chi connectivity index (χ0v) is 12.7. The summed E-state index contributed by atoms with van der Waals surface area (Å²) < 4.78 is 21.7. The molecule has 0 bridgehead atoms. The highest BCUT2D eigenvalue weighted by molar-refractivity contribution is 7.92. The van der Waals surface area contributed by atoms with E-state index in [2.05, 4.69) is 0 Å². The smallest absolute Gasteiger partial charge is 0.159 e. The summed E-state index contributed by atoms with van der Waals surface area (Å²) in [4.78, 5) is 12.1. The molecule has 1 aromatic rings. The van der Waals surface area contributed by atoms with Crippen molar-refractivity contribution in [3.63, 3.8) is 0 Å². The third-order valence-electron chi connectivity index (χ3n) is 2.98. The van der Waals surface area contributed by atoms with Crippen LogP contribution in [0, 0.1) is 0 Å². The van der Waals surface area contributed by atoms with Gasteiger partial charge in [-0.15, -0.1) is 0 Å². The maximum Gasteiger partial charge on any atom is 0.159 e. The van der Waals surface area contributed by atoms with Crippen LogP contribution in [-0.4, -0.2) is 25.2 Å². The Morgan fingerprint density at radius 3 is 2.33 bits per heavy atom. The fourth-order valence-electron chi connectivity index (χ4n) is 1.28. The Morgan fingerprint density at radius 1 is 1.28 bits per heavy atom. The monoisotopic (exact) mass is 308 g/mol. The van der Waals surface area contributed by atoms with Crippen molar-refractivity contribution in [2.75, 3.05) is 6.26 Å². The number of rotatable bonds is 4. The minimum absolute atomic E-state index is 0.0561. The van der Waals surface area contributed by atoms with Crippen LogP contribution in [0.3, 0.4) is 0 Å². The Labute approximate surface area is 117 Å². The topological polar surface area (TPSA) is 51.2 Å². The normalized spacial score (nSPS) is 12.5. The van der Waals surface area contributed by atoms with Gasteiger partial charge in [-0.1, -0.05) is 35.3 Å². The van der Waals surface area contributed by atoms with Crippen LogP contribution in [0.15, 0.2) is 18.2 Å². The summed E-state index contributed by atoms with van der Waals surface area (Å²) in [5.41, 5.74) is 0.533. The fraction of sp³-hybridized carbons (Fsp3) is 0.417. The van der Waals surface area contributed by atoms with E-state index in [-0.39, 0.29) is 11.4 Å². The maximum atomic E-state index is 12.1. The van der Waals surface area contributed by atoms with Crippen LogP contribution in [0.1, 0.15) is 19.4 Å². The molecule has 0 atom stereocenters. The number of halogens is 2. The number of carbonyl (C=O) groups excluding carboxylic acids is 1. The summed E-state index contributed by atoms with van der Waals surface area (Å²) >= 11 is 11.8. The first-order valence-electron chi connectivity index (χ1n) is 5.23. The highest BCUT2D eigenvalue weighted by Gasteiger charge is 2.38. The van der Waals surface area contributed by atoms with Gasteiger partial charge in [0.05, 0.1) is 10.0 Å². The molecule has 3 nitrogen and oxygen atoms in total. The van der Waals surface area contributed by atoms with Gasteiger partial charge in [-0.2, -0.15) is 0 Å². The zero-order valence-electron chi connectivity index (χ0n) is 10.3. The van der Waals surface area contributed by atoms with Gasteiger partial charge in [0, 0.05) is 12.7 Å². The zero-order chi connectivity index (χ0) is 14.1. The van der Waals surface area contributed by atoms with E-state index in [0.717, 1.165) is 6.26 Å². The lowest BCUT2D eigenvalue weighted by atomic mass is 10.0. The molecule has 0 spiro atoms. The first-order chi connectivity index (χ1) is 8.07. The quantitative estimate of drug-likeness (QED) is 0.859. The Balaban J connectivity index is 3.06. The molecule has 6 heteroatoms. The largest absolute Gasteiger partial charge is 0.298 e. The maximum absolute atomic E-state index is 12.1. The minimum Gasteiger partial charge on any atom is -0.298 e. The van der Waals surface area contributed by atoms with Crippen LogP contribution in [0.5, 0.6) is 0 Å². The second-order valence-corrected chi connectivity index (χ2v) is 7.95. The summed E-state index contributed by atoms with van der Waals surface area (Å²) in [7, 11) is -3.47. The van der Waals surface area contributed by atoms with Crippen molar-refractivity contribution < 1.29 is 13.2 Å². The van der Waals surface area contributed by atoms with Gasteiger partial charge < -0.3 is 0 Å². The van der Waals surface area contributed by atoms with E-state index in [4.69, 9.17) is 23.2 Å². The Kier molecular flexibility index (Phi) is 4.47. The van der Waals surface area contributed by atoms with E-state index < -0.39 is 20.4 Å². The Bertz CT molecular complexity index is 577. The van der Waals surface area contributed by atoms with E-state index in [1.54, 1.807) is 18.2 Å². The van der Waals surface area contributed by atoms with Gasteiger partial charge in [0.1, 0.15) is 4.75 Å². The van der Waals surface area contributed by atoms with Crippen LogP contribution in [0.25, 0.3) is 0 Å². The summed E-state index contributed by atoms with van der Waals surface area (Å²) in [6.07, 6.45) is 0.990. The van der Waals surface area contributed by atoms with Crippen molar-refractivity contribution in [1.82, 2.24) is 0 Å². The highest BCUT2D eigenvalue weighted by atomic mass is 35.5. The lowest BCUT2D eigenvalue weighted by Crippen LogP contribution is -2.40. The minimum atomic E-state index is -3.47. The van der Waals surface area contributed by atoms with E-state index in [9.17, 15) is 13.2 Å². The lowest BCUT2D eigenvalue weighted by Gasteiger charge is -2.21. The first kappa shape index (κ1) is 15.5. The molecule has 1 aromatic carbocycles. The molecule has 0 aliphatic rings. The molecular formula is C12H14Cl2O3S. The van der Waals surface area contributed by atoms with Gasteiger partial charge >= 0.3 is 0 Å². The molecule has 0 amide bonds. The van der Waals surface area contributed by atoms with Gasteiger partial charge in [-0.05, 0) is 25.5 Å². The van der Waals surface area contributed by atoms with Gasteiger partial charge in [-0.25, -0.2) is 8.42 Å². The van der Waals surface area contributed by atoms with Crippen molar-refractivity contribution in [1.29, 1.82) is 0 Å². The Hall–Kier alpha value is -0.580. The van der Waals surface area contributed by atoms with Crippen molar-refractivity contribution in [3.8, 4) is 0 Å². The molecular weight excluding hydrogens is 295 g/mol. The third-order valence-corrected chi connectivity index (χ3v) is 5.92. The molecule has 18 heavy (non-hydrogen) atoms. The number of carbonyl (C=O) groups is 1. The lowest BCUT2D eigenvalue weighted by molar-refractivity contribution is -0.120. The summed E-state index contributed by atoms with van der Waals surface area (Å²) in [5, 5.41) is 0.635. The number of hydrogen-bond donors (Lipinski definition) is 0. The van der Waals surface area contributed by atoms with Crippen molar-refractivity contribution in [3.05, 3.63) is 33.8 Å². The molecule has 0 aromatic heterocycles. The summed E-state index contributed by atoms with van der Waals surface area (Å²) in [6, 6.07) is 4.94. The second kappa shape index (κ2) is 5.19. The number of Topliss-reactive ketones (excluding diaryl/α,β-unsaturated/α-hetero) is 1. The van der Waals surface area contributed by atoms with Crippen LogP contribution in [-0.2, 0) is 21.1 Å². The highest BCUT2D eigenvalue weighted by Crippen LogP contribution is 2.28. The van der Waals surface area contributed by atoms with Crippen molar-refractivity contribution >= 4 is 38.8 Å². The molecule has 0 aliphatic carbocycles. The van der Waals surface area contributed by atoms with Crippen LogP contribution >= 0.6 is 23.2 Å². The molecule has 0 saturated heterocycles. The molecule has 0 heterocycles. The number of sulfone groups is 1.